The van der Waals surface area contributed by atoms with E-state index in [0.29, 0.717) is 16.8 Å². The van der Waals surface area contributed by atoms with Gasteiger partial charge in [-0.2, -0.15) is 5.10 Å². The Morgan fingerprint density at radius 1 is 1.14 bits per heavy atom. The van der Waals surface area contributed by atoms with Crippen molar-refractivity contribution in [1.82, 2.24) is 5.43 Å². The Hall–Kier alpha value is -3.35. The first-order chi connectivity index (χ1) is 14.0. The molecule has 1 saturated carbocycles. The highest BCUT2D eigenvalue weighted by molar-refractivity contribution is 5.97. The highest BCUT2D eigenvalue weighted by Crippen LogP contribution is 2.30. The van der Waals surface area contributed by atoms with E-state index in [2.05, 4.69) is 34.6 Å². The fourth-order valence-corrected chi connectivity index (χ4v) is 2.95. The standard InChI is InChI=1S/C22H26N4O3/c1-3-26(4-2)19-12-9-17(20(27)13-19)14-23-25-22(29)16-7-10-18(11-8-16)24-21(28)15-5-6-15/h7-15,27H,3-6H2,1-2H3,(H,24,28)(H,25,29). The Bertz CT molecular complexity index is 901. The lowest BCUT2D eigenvalue weighted by molar-refractivity contribution is -0.117. The van der Waals surface area contributed by atoms with Crippen LogP contribution in [0.1, 0.15) is 42.6 Å². The Balaban J connectivity index is 1.57. The van der Waals surface area contributed by atoms with Crippen LogP contribution in [0.4, 0.5) is 11.4 Å². The molecule has 0 spiro atoms. The van der Waals surface area contributed by atoms with Crippen LogP contribution in [0.3, 0.4) is 0 Å². The van der Waals surface area contributed by atoms with Gasteiger partial charge < -0.3 is 15.3 Å². The van der Waals surface area contributed by atoms with E-state index >= 15 is 0 Å². The summed E-state index contributed by atoms with van der Waals surface area (Å²) < 4.78 is 0. The van der Waals surface area contributed by atoms with E-state index in [0.717, 1.165) is 31.6 Å². The molecular formula is C22H26N4O3. The molecule has 3 rings (SSSR count). The topological polar surface area (TPSA) is 94.0 Å². The van der Waals surface area contributed by atoms with Crippen molar-refractivity contribution in [3.63, 3.8) is 0 Å². The molecule has 0 bridgehead atoms. The summed E-state index contributed by atoms with van der Waals surface area (Å²) in [5.74, 6) is -0.118. The van der Waals surface area contributed by atoms with Crippen molar-refractivity contribution in [2.75, 3.05) is 23.3 Å². The van der Waals surface area contributed by atoms with E-state index in [1.54, 1.807) is 36.4 Å². The zero-order valence-electron chi connectivity index (χ0n) is 16.7. The van der Waals surface area contributed by atoms with Crippen molar-refractivity contribution in [3.05, 3.63) is 53.6 Å². The van der Waals surface area contributed by atoms with Gasteiger partial charge in [0.05, 0.1) is 6.21 Å². The molecular weight excluding hydrogens is 368 g/mol. The van der Waals surface area contributed by atoms with Gasteiger partial charge in [-0.15, -0.1) is 0 Å². The van der Waals surface area contributed by atoms with Gasteiger partial charge in [-0.3, -0.25) is 9.59 Å². The average molecular weight is 394 g/mol. The number of carbonyl (C=O) groups excluding carboxylic acids is 2. The van der Waals surface area contributed by atoms with E-state index < -0.39 is 0 Å². The fraction of sp³-hybridized carbons (Fsp3) is 0.318. The van der Waals surface area contributed by atoms with Gasteiger partial charge in [0.1, 0.15) is 5.75 Å². The second-order valence-electron chi connectivity index (χ2n) is 6.96. The number of rotatable bonds is 8. The highest BCUT2D eigenvalue weighted by atomic mass is 16.3. The monoisotopic (exact) mass is 394 g/mol. The van der Waals surface area contributed by atoms with Crippen LogP contribution in [0.15, 0.2) is 47.6 Å². The van der Waals surface area contributed by atoms with Gasteiger partial charge in [-0.05, 0) is 63.1 Å². The third kappa shape index (κ3) is 5.34. The molecule has 1 aliphatic carbocycles. The Morgan fingerprint density at radius 3 is 2.41 bits per heavy atom. The van der Waals surface area contributed by atoms with Crippen LogP contribution in [0.25, 0.3) is 0 Å². The minimum Gasteiger partial charge on any atom is -0.507 e. The lowest BCUT2D eigenvalue weighted by Gasteiger charge is -2.21. The van der Waals surface area contributed by atoms with Gasteiger partial charge in [-0.25, -0.2) is 5.43 Å². The van der Waals surface area contributed by atoms with Crippen LogP contribution >= 0.6 is 0 Å². The molecule has 29 heavy (non-hydrogen) atoms. The molecule has 0 radical (unpaired) electrons. The Kier molecular flexibility index (Phi) is 6.49. The molecule has 2 aromatic carbocycles. The first kappa shape index (κ1) is 20.4. The minimum absolute atomic E-state index is 0.0265. The third-order valence-electron chi connectivity index (χ3n) is 4.88. The summed E-state index contributed by atoms with van der Waals surface area (Å²) >= 11 is 0. The van der Waals surface area contributed by atoms with Crippen molar-refractivity contribution < 1.29 is 14.7 Å². The van der Waals surface area contributed by atoms with Crippen LogP contribution in [0.2, 0.25) is 0 Å². The number of hydrazone groups is 1. The molecule has 0 saturated heterocycles. The zero-order chi connectivity index (χ0) is 20.8. The number of hydrogen-bond donors (Lipinski definition) is 3. The summed E-state index contributed by atoms with van der Waals surface area (Å²) in [7, 11) is 0. The molecule has 0 aromatic heterocycles. The molecule has 0 heterocycles. The van der Waals surface area contributed by atoms with E-state index in [1.165, 1.54) is 6.21 Å². The molecule has 1 fully saturated rings. The molecule has 0 atom stereocenters. The number of nitrogens with one attached hydrogen (secondary N) is 2. The number of hydrogen-bond acceptors (Lipinski definition) is 5. The number of carbonyl (C=O) groups is 2. The number of phenolic OH excluding ortho intramolecular Hbond substituents is 1. The zero-order valence-corrected chi connectivity index (χ0v) is 16.7. The van der Waals surface area contributed by atoms with Crippen molar-refractivity contribution >= 4 is 29.4 Å². The smallest absolute Gasteiger partial charge is 0.271 e. The van der Waals surface area contributed by atoms with Crippen LogP contribution in [-0.2, 0) is 4.79 Å². The Labute approximate surface area is 170 Å². The molecule has 1 aliphatic rings. The van der Waals surface area contributed by atoms with Gasteiger partial charge in [-0.1, -0.05) is 0 Å². The molecule has 0 aliphatic heterocycles. The summed E-state index contributed by atoms with van der Waals surface area (Å²) in [5.41, 5.74) is 4.98. The summed E-state index contributed by atoms with van der Waals surface area (Å²) in [6.45, 7) is 5.81. The van der Waals surface area contributed by atoms with Crippen LogP contribution in [0.5, 0.6) is 5.75 Å². The minimum atomic E-state index is -0.374. The number of aromatic hydroxyl groups is 1. The van der Waals surface area contributed by atoms with Gasteiger partial charge in [0.2, 0.25) is 5.91 Å². The van der Waals surface area contributed by atoms with Gasteiger partial charge in [0.25, 0.3) is 5.91 Å². The molecule has 0 unspecified atom stereocenters. The van der Waals surface area contributed by atoms with Crippen molar-refractivity contribution in [1.29, 1.82) is 0 Å². The van der Waals surface area contributed by atoms with E-state index in [-0.39, 0.29) is 23.5 Å². The molecule has 7 heteroatoms. The highest BCUT2D eigenvalue weighted by Gasteiger charge is 2.29. The van der Waals surface area contributed by atoms with E-state index in [1.807, 2.05) is 6.07 Å². The van der Waals surface area contributed by atoms with E-state index in [4.69, 9.17) is 0 Å². The normalized spacial score (nSPS) is 13.3. The summed E-state index contributed by atoms with van der Waals surface area (Å²) in [6.07, 6.45) is 3.29. The Morgan fingerprint density at radius 2 is 1.83 bits per heavy atom. The fourth-order valence-electron chi connectivity index (χ4n) is 2.95. The molecule has 2 amide bonds. The predicted molar refractivity (Wildman–Crippen MR) is 115 cm³/mol. The number of nitrogens with zero attached hydrogens (tertiary/aromatic N) is 2. The average Bonchev–Trinajstić information content (AvgIpc) is 3.56. The predicted octanol–water partition coefficient (Wildman–Crippen LogP) is 3.35. The van der Waals surface area contributed by atoms with Gasteiger partial charge >= 0.3 is 0 Å². The quantitative estimate of drug-likeness (QED) is 0.473. The first-order valence-electron chi connectivity index (χ1n) is 9.84. The lowest BCUT2D eigenvalue weighted by Crippen LogP contribution is -2.21. The number of anilines is 2. The van der Waals surface area contributed by atoms with Crippen molar-refractivity contribution in [3.8, 4) is 5.75 Å². The maximum absolute atomic E-state index is 12.2. The first-order valence-corrected chi connectivity index (χ1v) is 9.84. The number of benzene rings is 2. The summed E-state index contributed by atoms with van der Waals surface area (Å²) in [6, 6.07) is 12.0. The molecule has 152 valence electrons. The van der Waals surface area contributed by atoms with Gasteiger partial charge in [0, 0.05) is 47.6 Å². The van der Waals surface area contributed by atoms with E-state index in [9.17, 15) is 14.7 Å². The molecule has 2 aromatic rings. The second kappa shape index (κ2) is 9.23. The van der Waals surface area contributed by atoms with Crippen molar-refractivity contribution in [2.24, 2.45) is 11.0 Å². The molecule has 7 nitrogen and oxygen atoms in total. The van der Waals surface area contributed by atoms with Crippen molar-refractivity contribution in [2.45, 2.75) is 26.7 Å². The van der Waals surface area contributed by atoms with Crippen LogP contribution in [0, 0.1) is 5.92 Å². The number of phenols is 1. The molecule has 3 N–H and O–H groups in total. The number of amides is 2. The second-order valence-corrected chi connectivity index (χ2v) is 6.96. The van der Waals surface area contributed by atoms with Gasteiger partial charge in [0.15, 0.2) is 0 Å². The maximum Gasteiger partial charge on any atom is 0.271 e. The SMILES string of the molecule is CCN(CC)c1ccc(C=NNC(=O)c2ccc(NC(=O)C3CC3)cc2)c(O)c1. The maximum atomic E-state index is 12.2. The lowest BCUT2D eigenvalue weighted by atomic mass is 10.2. The summed E-state index contributed by atoms with van der Waals surface area (Å²) in [4.78, 5) is 26.1. The third-order valence-corrected chi connectivity index (χ3v) is 4.88. The van der Waals surface area contributed by atoms with Crippen LogP contribution < -0.4 is 15.6 Å². The largest absolute Gasteiger partial charge is 0.507 e. The summed E-state index contributed by atoms with van der Waals surface area (Å²) in [5, 5.41) is 17.0. The van der Waals surface area contributed by atoms with Crippen LogP contribution in [-0.4, -0.2) is 36.2 Å².